The van der Waals surface area contributed by atoms with Gasteiger partial charge in [-0.15, -0.1) is 0 Å². The molecule has 4 nitrogen and oxygen atoms in total. The van der Waals surface area contributed by atoms with Crippen molar-refractivity contribution in [2.24, 2.45) is 5.92 Å². The Balaban J connectivity index is 1.44. The zero-order chi connectivity index (χ0) is 22.5. The molecule has 1 N–H and O–H groups in total. The van der Waals surface area contributed by atoms with Crippen LogP contribution in [0.1, 0.15) is 69.2 Å². The van der Waals surface area contributed by atoms with E-state index in [-0.39, 0.29) is 17.5 Å². The molecule has 1 amide bonds. The Bertz CT molecular complexity index is 983. The van der Waals surface area contributed by atoms with Gasteiger partial charge in [-0.3, -0.25) is 4.90 Å². The average Bonchev–Trinajstić information content (AvgIpc) is 2.79. The third kappa shape index (κ3) is 3.94. The molecule has 3 heterocycles. The van der Waals surface area contributed by atoms with Crippen LogP contribution in [0.3, 0.4) is 0 Å². The molecule has 2 aromatic rings. The van der Waals surface area contributed by atoms with Gasteiger partial charge in [0.15, 0.2) is 0 Å². The molecule has 6 rings (SSSR count). The smallest absolute Gasteiger partial charge is 0.408 e. The molecule has 1 aliphatic carbocycles. The summed E-state index contributed by atoms with van der Waals surface area (Å²) in [5.41, 5.74) is 6.51. The quantitative estimate of drug-likeness (QED) is 0.637. The maximum absolute atomic E-state index is 12.5. The van der Waals surface area contributed by atoms with E-state index in [0.717, 1.165) is 51.7 Å². The highest BCUT2D eigenvalue weighted by Crippen LogP contribution is 2.41. The first-order valence-electron chi connectivity index (χ1n) is 12.3. The summed E-state index contributed by atoms with van der Waals surface area (Å²) in [6.07, 6.45) is 4.54. The van der Waals surface area contributed by atoms with Crippen LogP contribution in [-0.4, -0.2) is 46.7 Å². The van der Waals surface area contributed by atoms with Gasteiger partial charge in [0, 0.05) is 6.54 Å². The molecule has 0 radical (unpaired) electrons. The Labute approximate surface area is 192 Å². The Hall–Kier alpha value is -2.33. The molecule has 0 spiro atoms. The maximum atomic E-state index is 12.5. The third-order valence-corrected chi connectivity index (χ3v) is 8.05. The number of carbonyl (C=O) groups is 1. The molecule has 170 valence electrons. The normalized spacial score (nSPS) is 27.1. The summed E-state index contributed by atoms with van der Waals surface area (Å²) in [5.74, 6) is 0.516. The molecule has 2 aromatic carbocycles. The topological polar surface area (TPSA) is 43.8 Å². The summed E-state index contributed by atoms with van der Waals surface area (Å²) in [6.45, 7) is 9.89. The van der Waals surface area contributed by atoms with Crippen molar-refractivity contribution in [2.45, 2.75) is 70.4 Å². The monoisotopic (exact) mass is 432 g/mol. The number of benzene rings is 2. The Morgan fingerprint density at radius 1 is 1.00 bits per heavy atom. The van der Waals surface area contributed by atoms with E-state index in [1.54, 1.807) is 0 Å². The fraction of sp³-hybridized carbons (Fsp3) is 0.536. The predicted molar refractivity (Wildman–Crippen MR) is 129 cm³/mol. The molecule has 3 fully saturated rings. The lowest BCUT2D eigenvalue weighted by atomic mass is 9.79. The van der Waals surface area contributed by atoms with Crippen LogP contribution in [0.2, 0.25) is 0 Å². The van der Waals surface area contributed by atoms with Crippen LogP contribution in [-0.2, 0) is 11.8 Å². The minimum absolute atomic E-state index is 0.0147. The molecule has 0 aromatic heterocycles. The maximum Gasteiger partial charge on any atom is 0.408 e. The first-order chi connectivity index (χ1) is 15.3. The fourth-order valence-electron chi connectivity index (χ4n) is 6.18. The van der Waals surface area contributed by atoms with Gasteiger partial charge < -0.3 is 10.0 Å². The van der Waals surface area contributed by atoms with E-state index in [0.29, 0.717) is 5.92 Å². The molecular weight excluding hydrogens is 396 g/mol. The largest absolute Gasteiger partial charge is 0.465 e. The molecule has 2 bridgehead atoms. The van der Waals surface area contributed by atoms with Crippen LogP contribution >= 0.6 is 0 Å². The second-order valence-electron chi connectivity index (χ2n) is 11.0. The van der Waals surface area contributed by atoms with Crippen molar-refractivity contribution >= 4 is 6.09 Å². The van der Waals surface area contributed by atoms with Crippen molar-refractivity contribution in [2.75, 3.05) is 19.6 Å². The van der Waals surface area contributed by atoms with E-state index >= 15 is 0 Å². The molecule has 3 aliphatic heterocycles. The van der Waals surface area contributed by atoms with E-state index in [9.17, 15) is 9.90 Å². The highest BCUT2D eigenvalue weighted by molar-refractivity contribution is 5.68. The lowest BCUT2D eigenvalue weighted by molar-refractivity contribution is -0.00969. The van der Waals surface area contributed by atoms with E-state index in [1.165, 1.54) is 27.8 Å². The Morgan fingerprint density at radius 2 is 1.69 bits per heavy atom. The van der Waals surface area contributed by atoms with Gasteiger partial charge >= 0.3 is 6.09 Å². The van der Waals surface area contributed by atoms with Crippen molar-refractivity contribution in [3.8, 4) is 11.1 Å². The minimum atomic E-state index is -0.747. The summed E-state index contributed by atoms with van der Waals surface area (Å²) in [5, 5.41) is 10.3. The van der Waals surface area contributed by atoms with Gasteiger partial charge in [0.2, 0.25) is 0 Å². The predicted octanol–water partition coefficient (Wildman–Crippen LogP) is 6.10. The van der Waals surface area contributed by atoms with Gasteiger partial charge in [-0.05, 0) is 84.3 Å². The SMILES string of the molecule is CC(C)(C)c1ccc(-c2ccc3c(c2)CCCC3N(C(=O)O)[C@@H]2CN3CCC2CC3)cc1. The zero-order valence-electron chi connectivity index (χ0n) is 19.7. The first-order valence-corrected chi connectivity index (χ1v) is 12.3. The van der Waals surface area contributed by atoms with E-state index in [2.05, 4.69) is 68.1 Å². The van der Waals surface area contributed by atoms with Crippen LogP contribution in [0, 0.1) is 5.92 Å². The first kappa shape index (κ1) is 21.5. The number of hydrogen-bond acceptors (Lipinski definition) is 2. The molecule has 4 heteroatoms. The summed E-state index contributed by atoms with van der Waals surface area (Å²) in [6, 6.07) is 15.7. The van der Waals surface area contributed by atoms with Crippen LogP contribution in [0.5, 0.6) is 0 Å². The second kappa shape index (κ2) is 8.22. The van der Waals surface area contributed by atoms with Crippen molar-refractivity contribution in [1.82, 2.24) is 9.80 Å². The van der Waals surface area contributed by atoms with Crippen molar-refractivity contribution in [3.63, 3.8) is 0 Å². The van der Waals surface area contributed by atoms with Crippen LogP contribution in [0.25, 0.3) is 11.1 Å². The van der Waals surface area contributed by atoms with Gasteiger partial charge in [-0.25, -0.2) is 4.79 Å². The highest BCUT2D eigenvalue weighted by Gasteiger charge is 2.43. The number of carboxylic acid groups (broad SMARTS) is 1. The number of amides is 1. The molecule has 0 saturated carbocycles. The third-order valence-electron chi connectivity index (χ3n) is 8.05. The van der Waals surface area contributed by atoms with E-state index in [1.807, 2.05) is 4.90 Å². The fourth-order valence-corrected chi connectivity index (χ4v) is 6.18. The van der Waals surface area contributed by atoms with E-state index < -0.39 is 6.09 Å². The highest BCUT2D eigenvalue weighted by atomic mass is 16.4. The molecule has 2 atom stereocenters. The number of rotatable bonds is 3. The van der Waals surface area contributed by atoms with Gasteiger partial charge in [0.05, 0.1) is 12.1 Å². The lowest BCUT2D eigenvalue weighted by Gasteiger charge is -2.50. The summed E-state index contributed by atoms with van der Waals surface area (Å²) >= 11 is 0. The van der Waals surface area contributed by atoms with Gasteiger partial charge in [-0.1, -0.05) is 63.2 Å². The second-order valence-corrected chi connectivity index (χ2v) is 11.0. The molecule has 3 saturated heterocycles. The standard InChI is InChI=1S/C28H36N2O2/c1-28(2,3)23-10-7-19(8-11-23)21-9-12-24-22(17-21)5-4-6-25(24)30(27(31)32)26-18-29-15-13-20(26)14-16-29/h7-12,17,20,25-26H,4-6,13-16,18H2,1-3H3,(H,31,32)/t25?,26-/m1/s1. The molecule has 32 heavy (non-hydrogen) atoms. The van der Waals surface area contributed by atoms with Gasteiger partial charge in [0.1, 0.15) is 0 Å². The summed E-state index contributed by atoms with van der Waals surface area (Å²) in [4.78, 5) is 16.8. The number of nitrogens with zero attached hydrogens (tertiary/aromatic N) is 2. The number of piperidine rings is 3. The van der Waals surface area contributed by atoms with Crippen molar-refractivity contribution < 1.29 is 9.90 Å². The van der Waals surface area contributed by atoms with Crippen molar-refractivity contribution in [1.29, 1.82) is 0 Å². The van der Waals surface area contributed by atoms with Crippen LogP contribution in [0.4, 0.5) is 4.79 Å². The number of fused-ring (bicyclic) bond motifs is 4. The van der Waals surface area contributed by atoms with Crippen LogP contribution in [0.15, 0.2) is 42.5 Å². The minimum Gasteiger partial charge on any atom is -0.465 e. The average molecular weight is 433 g/mol. The zero-order valence-corrected chi connectivity index (χ0v) is 19.7. The Kier molecular flexibility index (Phi) is 5.53. The van der Waals surface area contributed by atoms with Crippen molar-refractivity contribution in [3.05, 3.63) is 59.2 Å². The number of hydrogen-bond donors (Lipinski definition) is 1. The van der Waals surface area contributed by atoms with Gasteiger partial charge in [-0.2, -0.15) is 0 Å². The summed E-state index contributed by atoms with van der Waals surface area (Å²) < 4.78 is 0. The van der Waals surface area contributed by atoms with Gasteiger partial charge in [0.25, 0.3) is 0 Å². The Morgan fingerprint density at radius 3 is 2.28 bits per heavy atom. The van der Waals surface area contributed by atoms with E-state index in [4.69, 9.17) is 0 Å². The van der Waals surface area contributed by atoms with Crippen LogP contribution < -0.4 is 0 Å². The lowest BCUT2D eigenvalue weighted by Crippen LogP contribution is -2.59. The number of aryl methyl sites for hydroxylation is 1. The summed E-state index contributed by atoms with van der Waals surface area (Å²) in [7, 11) is 0. The molecular formula is C28H36N2O2. The molecule has 4 aliphatic rings. The molecule has 1 unspecified atom stereocenters.